The fourth-order valence-corrected chi connectivity index (χ4v) is 5.35. The highest BCUT2D eigenvalue weighted by atomic mass is 35.5. The smallest absolute Gasteiger partial charge is 0.227 e. The van der Waals surface area contributed by atoms with Gasteiger partial charge in [-0.25, -0.2) is 0 Å². The number of piperazine rings is 1. The number of amides is 1. The van der Waals surface area contributed by atoms with Gasteiger partial charge in [0, 0.05) is 49.4 Å². The zero-order valence-corrected chi connectivity index (χ0v) is 18.6. The van der Waals surface area contributed by atoms with Crippen molar-refractivity contribution in [1.29, 1.82) is 0 Å². The molecule has 2 bridgehead atoms. The number of benzene rings is 1. The topological polar surface area (TPSA) is 58.8 Å². The number of ether oxygens (including phenoxy) is 1. The monoisotopic (exact) mass is 449 g/mol. The molecular weight excluding hydrogens is 421 g/mol. The van der Waals surface area contributed by atoms with Crippen LogP contribution < -0.4 is 10.5 Å². The molecule has 1 saturated heterocycles. The van der Waals surface area contributed by atoms with Gasteiger partial charge >= 0.3 is 0 Å². The molecule has 3 fully saturated rings. The molecule has 4 rings (SSSR count). The van der Waals surface area contributed by atoms with E-state index in [0.717, 1.165) is 55.5 Å². The van der Waals surface area contributed by atoms with Crippen molar-refractivity contribution in [3.8, 4) is 5.75 Å². The van der Waals surface area contributed by atoms with Gasteiger partial charge in [0.2, 0.25) is 5.91 Å². The number of methoxy groups -OCH3 is 1. The van der Waals surface area contributed by atoms with Crippen molar-refractivity contribution in [2.75, 3.05) is 33.3 Å². The molecule has 1 amide bonds. The average molecular weight is 451 g/mol. The molecule has 0 spiro atoms. The predicted octanol–water partition coefficient (Wildman–Crippen LogP) is 3.21. The lowest BCUT2D eigenvalue weighted by atomic mass is 9.84. The Bertz CT molecular complexity index is 681. The average Bonchev–Trinajstić information content (AvgIpc) is 3.23. The fourth-order valence-electron chi connectivity index (χ4n) is 5.15. The molecule has 8 heteroatoms. The maximum absolute atomic E-state index is 13.0. The molecule has 2 saturated carbocycles. The van der Waals surface area contributed by atoms with Gasteiger partial charge in [0.1, 0.15) is 5.75 Å². The summed E-state index contributed by atoms with van der Waals surface area (Å²) in [7, 11) is 1.68. The molecule has 2 N–H and O–H groups in total. The molecule has 1 aromatic rings. The van der Waals surface area contributed by atoms with E-state index in [2.05, 4.69) is 4.90 Å². The van der Waals surface area contributed by atoms with Crippen LogP contribution in [-0.4, -0.2) is 55.0 Å². The first-order valence-corrected chi connectivity index (χ1v) is 10.0. The van der Waals surface area contributed by atoms with E-state index in [-0.39, 0.29) is 36.8 Å². The van der Waals surface area contributed by atoms with Crippen LogP contribution >= 0.6 is 36.4 Å². The summed E-state index contributed by atoms with van der Waals surface area (Å²) in [6.07, 6.45) is 3.56. The first-order valence-electron chi connectivity index (χ1n) is 9.66. The Morgan fingerprint density at radius 1 is 1.18 bits per heavy atom. The lowest BCUT2D eigenvalue weighted by molar-refractivity contribution is -0.139. The Kier molecular flexibility index (Phi) is 8.29. The summed E-state index contributed by atoms with van der Waals surface area (Å²) in [6, 6.07) is 5.80. The number of fused-ring (bicyclic) bond motifs is 2. The highest BCUT2D eigenvalue weighted by Crippen LogP contribution is 2.48. The van der Waals surface area contributed by atoms with Crippen molar-refractivity contribution in [3.63, 3.8) is 0 Å². The van der Waals surface area contributed by atoms with Crippen LogP contribution in [0.4, 0.5) is 0 Å². The minimum absolute atomic E-state index is 0. The molecule has 3 aliphatic rings. The Balaban J connectivity index is 0.00000140. The summed E-state index contributed by atoms with van der Waals surface area (Å²) in [5.41, 5.74) is 7.46. The minimum atomic E-state index is 0. The third-order valence-corrected chi connectivity index (χ3v) is 6.82. The van der Waals surface area contributed by atoms with Gasteiger partial charge in [-0.2, -0.15) is 0 Å². The van der Waals surface area contributed by atoms with Crippen LogP contribution in [0.2, 0.25) is 5.02 Å². The van der Waals surface area contributed by atoms with Gasteiger partial charge in [-0.3, -0.25) is 9.69 Å². The van der Waals surface area contributed by atoms with Crippen LogP contribution in [0.1, 0.15) is 24.8 Å². The van der Waals surface area contributed by atoms with E-state index in [1.807, 2.05) is 23.1 Å². The van der Waals surface area contributed by atoms with Crippen molar-refractivity contribution in [2.45, 2.75) is 31.8 Å². The van der Waals surface area contributed by atoms with Crippen molar-refractivity contribution in [1.82, 2.24) is 9.80 Å². The normalized spacial score (nSPS) is 29.2. The van der Waals surface area contributed by atoms with Gasteiger partial charge in [0.05, 0.1) is 13.0 Å². The Morgan fingerprint density at radius 3 is 2.46 bits per heavy atom. The van der Waals surface area contributed by atoms with Crippen LogP contribution in [0.25, 0.3) is 0 Å². The maximum atomic E-state index is 13.0. The third-order valence-electron chi connectivity index (χ3n) is 6.59. The molecule has 0 radical (unpaired) electrons. The lowest BCUT2D eigenvalue weighted by Gasteiger charge is -2.38. The summed E-state index contributed by atoms with van der Waals surface area (Å²) >= 11 is 6.13. The second-order valence-corrected chi connectivity index (χ2v) is 8.43. The molecule has 2 aliphatic carbocycles. The van der Waals surface area contributed by atoms with Gasteiger partial charge in [0.15, 0.2) is 0 Å². The van der Waals surface area contributed by atoms with Crippen LogP contribution in [0.15, 0.2) is 18.2 Å². The second-order valence-electron chi connectivity index (χ2n) is 7.99. The summed E-state index contributed by atoms with van der Waals surface area (Å²) in [5.74, 6) is 2.32. The lowest BCUT2D eigenvalue weighted by Crippen LogP contribution is -2.53. The molecular formula is C20H30Cl3N3O2. The Hall–Kier alpha value is -0.720. The summed E-state index contributed by atoms with van der Waals surface area (Å²) in [5, 5.41) is 0.722. The van der Waals surface area contributed by atoms with Crippen LogP contribution in [0, 0.1) is 17.8 Å². The fraction of sp³-hybridized carbons (Fsp3) is 0.650. The van der Waals surface area contributed by atoms with Crippen LogP contribution in [-0.2, 0) is 11.3 Å². The van der Waals surface area contributed by atoms with E-state index < -0.39 is 0 Å². The van der Waals surface area contributed by atoms with Crippen molar-refractivity contribution >= 4 is 42.3 Å². The van der Waals surface area contributed by atoms with Gasteiger partial charge in [0.25, 0.3) is 0 Å². The van der Waals surface area contributed by atoms with Gasteiger partial charge in [-0.05, 0) is 49.3 Å². The summed E-state index contributed by atoms with van der Waals surface area (Å²) < 4.78 is 5.45. The number of halogens is 3. The molecule has 1 aromatic carbocycles. The zero-order chi connectivity index (χ0) is 18.3. The van der Waals surface area contributed by atoms with Gasteiger partial charge < -0.3 is 15.4 Å². The first-order chi connectivity index (χ1) is 12.6. The van der Waals surface area contributed by atoms with E-state index in [0.29, 0.717) is 17.7 Å². The molecule has 0 aromatic heterocycles. The van der Waals surface area contributed by atoms with Crippen molar-refractivity contribution in [2.24, 2.45) is 23.5 Å². The predicted molar refractivity (Wildman–Crippen MR) is 117 cm³/mol. The quantitative estimate of drug-likeness (QED) is 0.765. The van der Waals surface area contributed by atoms with Crippen molar-refractivity contribution in [3.05, 3.63) is 28.8 Å². The number of hydrogen-bond donors (Lipinski definition) is 1. The largest absolute Gasteiger partial charge is 0.496 e. The maximum Gasteiger partial charge on any atom is 0.227 e. The summed E-state index contributed by atoms with van der Waals surface area (Å²) in [6.45, 7) is 4.10. The van der Waals surface area contributed by atoms with Crippen LogP contribution in [0.3, 0.4) is 0 Å². The molecule has 28 heavy (non-hydrogen) atoms. The molecule has 1 aliphatic heterocycles. The molecule has 158 valence electrons. The van der Waals surface area contributed by atoms with Gasteiger partial charge in [-0.15, -0.1) is 24.8 Å². The highest BCUT2D eigenvalue weighted by Gasteiger charge is 2.50. The van der Waals surface area contributed by atoms with E-state index in [1.54, 1.807) is 7.11 Å². The summed E-state index contributed by atoms with van der Waals surface area (Å²) in [4.78, 5) is 17.4. The number of carbonyl (C=O) groups excluding carboxylic acids is 1. The van der Waals surface area contributed by atoms with Gasteiger partial charge in [-0.1, -0.05) is 11.6 Å². The standard InChI is InChI=1S/C20H28ClN3O2.2ClH/c1-26-17-5-4-16(21)11-15(17)12-23-6-8-24(9-7-23)20(25)18-13-2-3-14(10-13)19(18)22;;/h4-5,11,13-14,18-19H,2-3,6-10,12,22H2,1H3;2*1H. The van der Waals surface area contributed by atoms with E-state index in [9.17, 15) is 4.79 Å². The number of nitrogens with zero attached hydrogens (tertiary/aromatic N) is 2. The number of nitrogens with two attached hydrogens (primary N) is 1. The Labute approximate surface area is 184 Å². The first kappa shape index (κ1) is 23.6. The zero-order valence-electron chi connectivity index (χ0n) is 16.2. The molecule has 4 atom stereocenters. The van der Waals surface area contributed by atoms with Crippen molar-refractivity contribution < 1.29 is 9.53 Å². The minimum Gasteiger partial charge on any atom is -0.496 e. The number of hydrogen-bond acceptors (Lipinski definition) is 4. The molecule has 1 heterocycles. The van der Waals surface area contributed by atoms with E-state index >= 15 is 0 Å². The number of carbonyl (C=O) groups is 1. The second kappa shape index (κ2) is 9.86. The third kappa shape index (κ3) is 4.54. The van der Waals surface area contributed by atoms with E-state index in [1.165, 1.54) is 12.8 Å². The molecule has 5 nitrogen and oxygen atoms in total. The highest BCUT2D eigenvalue weighted by molar-refractivity contribution is 6.30. The Morgan fingerprint density at radius 2 is 1.86 bits per heavy atom. The molecule has 4 unspecified atom stereocenters. The SMILES string of the molecule is COc1ccc(Cl)cc1CN1CCN(C(=O)C2C3CCC(C3)C2N)CC1.Cl.Cl. The van der Waals surface area contributed by atoms with Crippen LogP contribution in [0.5, 0.6) is 5.75 Å². The van der Waals surface area contributed by atoms with E-state index in [4.69, 9.17) is 22.1 Å². The number of rotatable bonds is 4.